The van der Waals surface area contributed by atoms with E-state index in [2.05, 4.69) is 11.1 Å². The van der Waals surface area contributed by atoms with Crippen LogP contribution in [0.3, 0.4) is 0 Å². The second kappa shape index (κ2) is 5.53. The smallest absolute Gasteiger partial charge is 0.399 e. The Morgan fingerprint density at radius 1 is 1.20 bits per heavy atom. The maximum absolute atomic E-state index is 12.4. The summed E-state index contributed by atoms with van der Waals surface area (Å²) in [6.07, 6.45) is 3.88. The maximum atomic E-state index is 12.4. The van der Waals surface area contributed by atoms with E-state index in [1.165, 1.54) is 0 Å². The molecular formula is C18H25BN2O4. The summed E-state index contributed by atoms with van der Waals surface area (Å²) in [5.74, 6) is 0.828. The quantitative estimate of drug-likeness (QED) is 0.816. The molecule has 25 heavy (non-hydrogen) atoms. The number of fused-ring (bicyclic) bond motifs is 1. The van der Waals surface area contributed by atoms with Gasteiger partial charge in [-0.1, -0.05) is 6.07 Å². The lowest BCUT2D eigenvalue weighted by molar-refractivity contribution is -0.120. The summed E-state index contributed by atoms with van der Waals surface area (Å²) in [5.41, 5.74) is 1.16. The number of amides is 1. The van der Waals surface area contributed by atoms with Gasteiger partial charge in [-0.25, -0.2) is 4.98 Å². The summed E-state index contributed by atoms with van der Waals surface area (Å²) in [4.78, 5) is 18.7. The first-order valence-electron chi connectivity index (χ1n) is 9.02. The third-order valence-corrected chi connectivity index (χ3v) is 6.05. The topological polar surface area (TPSA) is 71.9 Å². The van der Waals surface area contributed by atoms with Gasteiger partial charge in [-0.3, -0.25) is 9.69 Å². The number of anilines is 1. The molecule has 3 heterocycles. The molecule has 0 aromatic carbocycles. The van der Waals surface area contributed by atoms with Gasteiger partial charge in [0.1, 0.15) is 5.82 Å². The highest BCUT2D eigenvalue weighted by Gasteiger charge is 2.52. The van der Waals surface area contributed by atoms with Crippen molar-refractivity contribution >= 4 is 24.3 Å². The van der Waals surface area contributed by atoms with Crippen LogP contribution in [-0.4, -0.2) is 46.5 Å². The van der Waals surface area contributed by atoms with Gasteiger partial charge in [-0.15, -0.1) is 0 Å². The Morgan fingerprint density at radius 3 is 2.44 bits per heavy atom. The van der Waals surface area contributed by atoms with Crippen molar-refractivity contribution in [3.63, 3.8) is 0 Å². The number of aliphatic hydroxyl groups is 1. The van der Waals surface area contributed by atoms with Crippen LogP contribution in [-0.2, 0) is 20.5 Å². The number of aromatic nitrogens is 1. The molecule has 0 bridgehead atoms. The third kappa shape index (κ3) is 2.69. The Hall–Kier alpha value is -1.44. The van der Waals surface area contributed by atoms with Gasteiger partial charge in [0.15, 0.2) is 0 Å². The highest BCUT2D eigenvalue weighted by Crippen LogP contribution is 2.38. The van der Waals surface area contributed by atoms with E-state index in [0.29, 0.717) is 25.7 Å². The number of pyridine rings is 1. The molecule has 0 radical (unpaired) electrons. The fraction of sp³-hybridized carbons (Fsp3) is 0.667. The van der Waals surface area contributed by atoms with E-state index in [-0.39, 0.29) is 18.1 Å². The van der Waals surface area contributed by atoms with E-state index < -0.39 is 18.3 Å². The van der Waals surface area contributed by atoms with E-state index in [4.69, 9.17) is 9.31 Å². The predicted molar refractivity (Wildman–Crippen MR) is 94.8 cm³/mol. The van der Waals surface area contributed by atoms with E-state index >= 15 is 0 Å². The molecule has 2 fully saturated rings. The first-order chi connectivity index (χ1) is 11.7. The Labute approximate surface area is 148 Å². The standard InChI is InChI=1S/C18H25BN2O4/c1-17(2)18(3,4)25-19(24-17)12-7-11-5-6-15(23)21(16(11)20-10-12)13-8-14(22)9-13/h7,10,13-14,22H,5-6,8-9H2,1-4H3. The van der Waals surface area contributed by atoms with Gasteiger partial charge in [0, 0.05) is 24.1 Å². The number of carbonyl (C=O) groups excluding carboxylic acids is 1. The molecule has 6 nitrogen and oxygen atoms in total. The minimum atomic E-state index is -0.445. The third-order valence-electron chi connectivity index (χ3n) is 6.05. The summed E-state index contributed by atoms with van der Waals surface area (Å²) in [5, 5.41) is 9.58. The van der Waals surface area contributed by atoms with Crippen LogP contribution in [0.25, 0.3) is 0 Å². The monoisotopic (exact) mass is 344 g/mol. The van der Waals surface area contributed by atoms with E-state index in [0.717, 1.165) is 16.8 Å². The average molecular weight is 344 g/mol. The molecule has 1 amide bonds. The van der Waals surface area contributed by atoms with Gasteiger partial charge in [0.25, 0.3) is 0 Å². The molecule has 1 aromatic rings. The van der Waals surface area contributed by atoms with Crippen molar-refractivity contribution in [2.45, 2.75) is 76.7 Å². The molecule has 0 spiro atoms. The SMILES string of the molecule is CC1(C)OB(c2cnc3c(c2)CCC(=O)N3C2CC(O)C2)OC1(C)C. The summed E-state index contributed by atoms with van der Waals surface area (Å²) in [6, 6.07) is 2.12. The summed E-state index contributed by atoms with van der Waals surface area (Å²) < 4.78 is 12.2. The minimum absolute atomic E-state index is 0.0664. The van der Waals surface area contributed by atoms with Gasteiger partial charge >= 0.3 is 7.12 Å². The van der Waals surface area contributed by atoms with Crippen LogP contribution in [0.15, 0.2) is 12.3 Å². The van der Waals surface area contributed by atoms with Crippen LogP contribution in [0, 0.1) is 0 Å². The van der Waals surface area contributed by atoms with Crippen LogP contribution in [0.1, 0.15) is 52.5 Å². The van der Waals surface area contributed by atoms with Crippen molar-refractivity contribution in [2.75, 3.05) is 4.90 Å². The van der Waals surface area contributed by atoms with E-state index in [1.54, 1.807) is 11.1 Å². The molecule has 4 rings (SSSR count). The molecule has 1 N–H and O–H groups in total. The Bertz CT molecular complexity index is 699. The number of carbonyl (C=O) groups is 1. The van der Waals surface area contributed by atoms with Crippen LogP contribution in [0.2, 0.25) is 0 Å². The van der Waals surface area contributed by atoms with Crippen molar-refractivity contribution in [2.24, 2.45) is 0 Å². The normalized spacial score (nSPS) is 30.2. The molecule has 1 saturated heterocycles. The van der Waals surface area contributed by atoms with Gasteiger partial charge < -0.3 is 14.4 Å². The second-order valence-corrected chi connectivity index (χ2v) is 8.38. The van der Waals surface area contributed by atoms with Crippen molar-refractivity contribution in [1.29, 1.82) is 0 Å². The second-order valence-electron chi connectivity index (χ2n) is 8.38. The highest BCUT2D eigenvalue weighted by atomic mass is 16.7. The number of hydrogen-bond acceptors (Lipinski definition) is 5. The fourth-order valence-corrected chi connectivity index (χ4v) is 3.66. The number of aryl methyl sites for hydroxylation is 1. The Morgan fingerprint density at radius 2 is 1.84 bits per heavy atom. The molecule has 3 aliphatic rings. The van der Waals surface area contributed by atoms with Crippen molar-refractivity contribution < 1.29 is 19.2 Å². The van der Waals surface area contributed by atoms with Crippen LogP contribution < -0.4 is 10.4 Å². The lowest BCUT2D eigenvalue weighted by atomic mass is 9.78. The van der Waals surface area contributed by atoms with Crippen LogP contribution in [0.5, 0.6) is 0 Å². The molecule has 1 saturated carbocycles. The summed E-state index contributed by atoms with van der Waals surface area (Å²) >= 11 is 0. The predicted octanol–water partition coefficient (Wildman–Crippen LogP) is 1.18. The minimum Gasteiger partial charge on any atom is -0.399 e. The molecular weight excluding hydrogens is 319 g/mol. The largest absolute Gasteiger partial charge is 0.496 e. The van der Waals surface area contributed by atoms with Gasteiger partial charge in [0.05, 0.1) is 17.3 Å². The maximum Gasteiger partial charge on any atom is 0.496 e. The fourth-order valence-electron chi connectivity index (χ4n) is 3.66. The summed E-state index contributed by atoms with van der Waals surface area (Å²) in [6.45, 7) is 8.12. The van der Waals surface area contributed by atoms with Gasteiger partial charge in [-0.05, 0) is 52.5 Å². The first kappa shape index (κ1) is 17.0. The number of aliphatic hydroxyl groups excluding tert-OH is 1. The lowest BCUT2D eigenvalue weighted by Gasteiger charge is -2.42. The van der Waals surface area contributed by atoms with Crippen LogP contribution >= 0.6 is 0 Å². The van der Waals surface area contributed by atoms with Gasteiger partial charge in [0.2, 0.25) is 5.91 Å². The van der Waals surface area contributed by atoms with Crippen molar-refractivity contribution in [3.05, 3.63) is 17.8 Å². The van der Waals surface area contributed by atoms with E-state index in [9.17, 15) is 9.90 Å². The lowest BCUT2D eigenvalue weighted by Crippen LogP contribution is -2.52. The molecule has 1 aliphatic carbocycles. The highest BCUT2D eigenvalue weighted by molar-refractivity contribution is 6.62. The first-order valence-corrected chi connectivity index (χ1v) is 9.02. The molecule has 0 atom stereocenters. The zero-order valence-electron chi connectivity index (χ0n) is 15.3. The molecule has 134 valence electrons. The van der Waals surface area contributed by atoms with Gasteiger partial charge in [-0.2, -0.15) is 0 Å². The molecule has 2 aliphatic heterocycles. The zero-order valence-corrected chi connectivity index (χ0v) is 15.3. The van der Waals surface area contributed by atoms with Crippen molar-refractivity contribution in [1.82, 2.24) is 4.98 Å². The zero-order chi connectivity index (χ0) is 18.0. The number of nitrogens with zero attached hydrogens (tertiary/aromatic N) is 2. The number of hydrogen-bond donors (Lipinski definition) is 1. The number of rotatable bonds is 2. The van der Waals surface area contributed by atoms with Crippen LogP contribution in [0.4, 0.5) is 5.82 Å². The average Bonchev–Trinajstić information content (AvgIpc) is 2.72. The molecule has 7 heteroatoms. The van der Waals surface area contributed by atoms with E-state index in [1.807, 2.05) is 27.7 Å². The van der Waals surface area contributed by atoms with Crippen molar-refractivity contribution in [3.8, 4) is 0 Å². The Kier molecular flexibility index (Phi) is 3.76. The molecule has 1 aromatic heterocycles. The summed E-state index contributed by atoms with van der Waals surface area (Å²) in [7, 11) is -0.445. The Balaban J connectivity index is 1.62. The molecule has 0 unspecified atom stereocenters.